The zero-order chi connectivity index (χ0) is 16.8. The molecule has 116 valence electrons. The summed E-state index contributed by atoms with van der Waals surface area (Å²) < 4.78 is 0. The molecule has 0 bridgehead atoms. The molecule has 2 atom stereocenters. The summed E-state index contributed by atoms with van der Waals surface area (Å²) in [7, 11) is 0. The topological polar surface area (TPSA) is 104 Å². The number of nitriles is 1. The minimum Gasteiger partial charge on any atom is -0.481 e. The van der Waals surface area contributed by atoms with Gasteiger partial charge in [0.15, 0.2) is 0 Å². The summed E-state index contributed by atoms with van der Waals surface area (Å²) in [5, 5.41) is 29.4. The number of hydrogen-bond acceptors (Lipinski definition) is 4. The maximum absolute atomic E-state index is 11.2. The maximum atomic E-state index is 11.2. The summed E-state index contributed by atoms with van der Waals surface area (Å²) >= 11 is 0. The number of aliphatic carboxylic acids is 1. The largest absolute Gasteiger partial charge is 0.481 e. The van der Waals surface area contributed by atoms with Gasteiger partial charge in [-0.25, -0.2) is 0 Å². The molecule has 0 radical (unpaired) electrons. The van der Waals surface area contributed by atoms with Crippen molar-refractivity contribution in [1.29, 1.82) is 5.26 Å². The van der Waals surface area contributed by atoms with Gasteiger partial charge in [-0.3, -0.25) is 14.9 Å². The van der Waals surface area contributed by atoms with Gasteiger partial charge in [0.25, 0.3) is 5.69 Å². The standard InChI is InChI=1S/C17H14N2O4/c18-11-16(12-4-2-1-3-5-12)15(10-17(20)21)13-6-8-14(9-7-13)19(22)23/h1-9,15-16H,10H2,(H,20,21). The van der Waals surface area contributed by atoms with E-state index in [0.29, 0.717) is 5.56 Å². The van der Waals surface area contributed by atoms with Crippen LogP contribution in [0.3, 0.4) is 0 Å². The Labute approximate surface area is 132 Å². The first kappa shape index (κ1) is 16.2. The van der Waals surface area contributed by atoms with Crippen LogP contribution in [0.1, 0.15) is 29.4 Å². The molecule has 0 aliphatic heterocycles. The molecule has 0 aliphatic rings. The van der Waals surface area contributed by atoms with Crippen LogP contribution in [0, 0.1) is 21.4 Å². The van der Waals surface area contributed by atoms with Crippen molar-refractivity contribution in [3.8, 4) is 6.07 Å². The lowest BCUT2D eigenvalue weighted by atomic mass is 9.80. The van der Waals surface area contributed by atoms with E-state index in [1.54, 1.807) is 24.3 Å². The highest BCUT2D eigenvalue weighted by molar-refractivity contribution is 5.68. The highest BCUT2D eigenvalue weighted by atomic mass is 16.6. The van der Waals surface area contributed by atoms with Gasteiger partial charge in [0, 0.05) is 18.1 Å². The molecular weight excluding hydrogens is 296 g/mol. The van der Waals surface area contributed by atoms with Crippen LogP contribution in [-0.4, -0.2) is 16.0 Å². The molecule has 0 aliphatic carbocycles. The number of benzene rings is 2. The Hall–Kier alpha value is -3.20. The lowest BCUT2D eigenvalue weighted by molar-refractivity contribution is -0.384. The molecular formula is C17H14N2O4. The van der Waals surface area contributed by atoms with Gasteiger partial charge < -0.3 is 5.11 Å². The fourth-order valence-electron chi connectivity index (χ4n) is 2.52. The predicted molar refractivity (Wildman–Crippen MR) is 82.9 cm³/mol. The normalized spacial score (nSPS) is 12.8. The van der Waals surface area contributed by atoms with Crippen LogP contribution >= 0.6 is 0 Å². The van der Waals surface area contributed by atoms with Crippen LogP contribution in [0.5, 0.6) is 0 Å². The second kappa shape index (κ2) is 7.18. The molecule has 0 amide bonds. The molecule has 2 aromatic carbocycles. The van der Waals surface area contributed by atoms with E-state index in [9.17, 15) is 20.2 Å². The number of hydrogen-bond donors (Lipinski definition) is 1. The van der Waals surface area contributed by atoms with Crippen molar-refractivity contribution in [1.82, 2.24) is 0 Å². The van der Waals surface area contributed by atoms with Gasteiger partial charge in [0.2, 0.25) is 0 Å². The summed E-state index contributed by atoms with van der Waals surface area (Å²) in [6.07, 6.45) is -0.231. The van der Waals surface area contributed by atoms with E-state index in [-0.39, 0.29) is 12.1 Å². The smallest absolute Gasteiger partial charge is 0.304 e. The van der Waals surface area contributed by atoms with E-state index < -0.39 is 22.7 Å². The van der Waals surface area contributed by atoms with Gasteiger partial charge in [-0.05, 0) is 11.1 Å². The molecule has 0 saturated carbocycles. The molecule has 6 nitrogen and oxygen atoms in total. The number of carbonyl (C=O) groups is 1. The number of nitro benzene ring substituents is 1. The quantitative estimate of drug-likeness (QED) is 0.650. The highest BCUT2D eigenvalue weighted by Crippen LogP contribution is 2.36. The minimum atomic E-state index is -1.02. The molecule has 0 saturated heterocycles. The van der Waals surface area contributed by atoms with Crippen molar-refractivity contribution >= 4 is 11.7 Å². The summed E-state index contributed by atoms with van der Waals surface area (Å²) in [6, 6.07) is 16.8. The molecule has 23 heavy (non-hydrogen) atoms. The van der Waals surface area contributed by atoms with Crippen LogP contribution in [0.15, 0.2) is 54.6 Å². The molecule has 0 aromatic heterocycles. The fourth-order valence-corrected chi connectivity index (χ4v) is 2.52. The second-order valence-corrected chi connectivity index (χ2v) is 5.07. The van der Waals surface area contributed by atoms with Gasteiger partial charge in [-0.2, -0.15) is 5.26 Å². The first-order chi connectivity index (χ1) is 11.0. The Morgan fingerprint density at radius 3 is 2.22 bits per heavy atom. The molecule has 2 rings (SSSR count). The molecule has 0 heterocycles. The van der Waals surface area contributed by atoms with Crippen LogP contribution < -0.4 is 0 Å². The van der Waals surface area contributed by atoms with Crippen molar-refractivity contribution in [2.75, 3.05) is 0 Å². The number of carboxylic acids is 1. The number of non-ortho nitro benzene ring substituents is 1. The Morgan fingerprint density at radius 2 is 1.74 bits per heavy atom. The summed E-state index contributed by atoms with van der Waals surface area (Å²) in [5.41, 5.74) is 1.24. The van der Waals surface area contributed by atoms with Crippen molar-refractivity contribution < 1.29 is 14.8 Å². The molecule has 2 unspecified atom stereocenters. The van der Waals surface area contributed by atoms with Crippen LogP contribution in [0.2, 0.25) is 0 Å². The highest BCUT2D eigenvalue weighted by Gasteiger charge is 2.27. The monoisotopic (exact) mass is 310 g/mol. The Morgan fingerprint density at radius 1 is 1.13 bits per heavy atom. The first-order valence-corrected chi connectivity index (χ1v) is 6.93. The second-order valence-electron chi connectivity index (χ2n) is 5.07. The predicted octanol–water partition coefficient (Wildman–Crippen LogP) is 3.46. The third-order valence-electron chi connectivity index (χ3n) is 3.63. The van der Waals surface area contributed by atoms with Gasteiger partial charge in [-0.15, -0.1) is 0 Å². The first-order valence-electron chi connectivity index (χ1n) is 6.93. The zero-order valence-corrected chi connectivity index (χ0v) is 12.1. The summed E-state index contributed by atoms with van der Waals surface area (Å²) in [4.78, 5) is 21.4. The van der Waals surface area contributed by atoms with Gasteiger partial charge in [0.1, 0.15) is 0 Å². The number of nitro groups is 1. The molecule has 1 N–H and O–H groups in total. The fraction of sp³-hybridized carbons (Fsp3) is 0.176. The van der Waals surface area contributed by atoms with Crippen molar-refractivity contribution in [2.24, 2.45) is 0 Å². The Bertz CT molecular complexity index is 735. The van der Waals surface area contributed by atoms with E-state index in [0.717, 1.165) is 5.56 Å². The third kappa shape index (κ3) is 3.92. The van der Waals surface area contributed by atoms with E-state index in [1.807, 2.05) is 6.07 Å². The van der Waals surface area contributed by atoms with E-state index in [2.05, 4.69) is 6.07 Å². The van der Waals surface area contributed by atoms with Crippen molar-refractivity contribution in [2.45, 2.75) is 18.3 Å². The SMILES string of the molecule is N#CC(c1ccccc1)C(CC(=O)O)c1ccc([N+](=O)[O-])cc1. The van der Waals surface area contributed by atoms with E-state index in [4.69, 9.17) is 5.11 Å². The summed E-state index contributed by atoms with van der Waals surface area (Å²) in [6.45, 7) is 0. The maximum Gasteiger partial charge on any atom is 0.304 e. The average molecular weight is 310 g/mol. The lowest BCUT2D eigenvalue weighted by Crippen LogP contribution is -2.14. The zero-order valence-electron chi connectivity index (χ0n) is 12.1. The Balaban J connectivity index is 2.41. The molecule has 0 fully saturated rings. The van der Waals surface area contributed by atoms with Crippen molar-refractivity contribution in [3.05, 3.63) is 75.8 Å². The number of nitrogens with zero attached hydrogens (tertiary/aromatic N) is 2. The van der Waals surface area contributed by atoms with Crippen LogP contribution in [0.4, 0.5) is 5.69 Å². The van der Waals surface area contributed by atoms with E-state index >= 15 is 0 Å². The third-order valence-corrected chi connectivity index (χ3v) is 3.63. The molecule has 6 heteroatoms. The van der Waals surface area contributed by atoms with Gasteiger partial charge in [0.05, 0.1) is 23.3 Å². The Kier molecular flexibility index (Phi) is 5.05. The minimum absolute atomic E-state index is 0.0731. The van der Waals surface area contributed by atoms with Gasteiger partial charge in [-0.1, -0.05) is 42.5 Å². The lowest BCUT2D eigenvalue weighted by Gasteiger charge is -2.21. The van der Waals surface area contributed by atoms with Crippen LogP contribution in [-0.2, 0) is 4.79 Å². The summed E-state index contributed by atoms with van der Waals surface area (Å²) in [5.74, 6) is -2.25. The molecule has 0 spiro atoms. The number of rotatable bonds is 6. The van der Waals surface area contributed by atoms with Crippen LogP contribution in [0.25, 0.3) is 0 Å². The number of carboxylic acid groups (broad SMARTS) is 1. The average Bonchev–Trinajstić information content (AvgIpc) is 2.55. The van der Waals surface area contributed by atoms with Gasteiger partial charge >= 0.3 is 5.97 Å². The van der Waals surface area contributed by atoms with E-state index in [1.165, 1.54) is 24.3 Å². The molecule has 2 aromatic rings. The van der Waals surface area contributed by atoms with Crippen molar-refractivity contribution in [3.63, 3.8) is 0 Å².